The Morgan fingerprint density at radius 1 is 1.32 bits per heavy atom. The number of hydrogen-bond donors (Lipinski definition) is 2. The summed E-state index contributed by atoms with van der Waals surface area (Å²) >= 11 is 0. The molecule has 0 bridgehead atoms. The summed E-state index contributed by atoms with van der Waals surface area (Å²) in [6.45, 7) is 1.94. The lowest BCUT2D eigenvalue weighted by molar-refractivity contribution is 0.0678. The Labute approximate surface area is 114 Å². The van der Waals surface area contributed by atoms with Crippen molar-refractivity contribution in [1.29, 1.82) is 0 Å². The Balaban J connectivity index is 1.87. The normalized spacial score (nSPS) is 17.5. The molecule has 0 radical (unpaired) electrons. The molecule has 1 fully saturated rings. The maximum absolute atomic E-state index is 12.0. The second-order valence-electron chi connectivity index (χ2n) is 4.91. The van der Waals surface area contributed by atoms with Crippen LogP contribution in [0.1, 0.15) is 18.4 Å². The van der Waals surface area contributed by atoms with Crippen LogP contribution in [0.15, 0.2) is 24.3 Å². The molecule has 0 saturated carbocycles. The van der Waals surface area contributed by atoms with Crippen LogP contribution in [0.3, 0.4) is 0 Å². The fourth-order valence-electron chi connectivity index (χ4n) is 2.15. The SMILES string of the molecule is Nc1cccc(CS(=O)(=O)NCC2CCOCC2)c1. The highest BCUT2D eigenvalue weighted by molar-refractivity contribution is 7.88. The number of anilines is 1. The molecule has 6 heteroatoms. The second-order valence-corrected chi connectivity index (χ2v) is 6.72. The monoisotopic (exact) mass is 284 g/mol. The molecule has 2 rings (SSSR count). The molecule has 106 valence electrons. The third-order valence-corrected chi connectivity index (χ3v) is 4.56. The van der Waals surface area contributed by atoms with Crippen LogP contribution in [0, 0.1) is 5.92 Å². The van der Waals surface area contributed by atoms with E-state index in [1.165, 1.54) is 0 Å². The van der Waals surface area contributed by atoms with Gasteiger partial charge in [-0.2, -0.15) is 0 Å². The van der Waals surface area contributed by atoms with E-state index in [2.05, 4.69) is 4.72 Å². The molecule has 1 aromatic rings. The molecule has 0 unspecified atom stereocenters. The molecule has 0 amide bonds. The van der Waals surface area contributed by atoms with Gasteiger partial charge >= 0.3 is 0 Å². The van der Waals surface area contributed by atoms with Gasteiger partial charge in [0.1, 0.15) is 0 Å². The van der Waals surface area contributed by atoms with E-state index < -0.39 is 10.0 Å². The van der Waals surface area contributed by atoms with Crippen molar-refractivity contribution in [2.45, 2.75) is 18.6 Å². The van der Waals surface area contributed by atoms with E-state index >= 15 is 0 Å². The van der Waals surface area contributed by atoms with Gasteiger partial charge in [-0.05, 0) is 36.5 Å². The first kappa shape index (κ1) is 14.3. The van der Waals surface area contributed by atoms with Crippen molar-refractivity contribution in [3.63, 3.8) is 0 Å². The van der Waals surface area contributed by atoms with E-state index in [0.717, 1.165) is 26.1 Å². The van der Waals surface area contributed by atoms with Gasteiger partial charge < -0.3 is 10.5 Å². The van der Waals surface area contributed by atoms with Gasteiger partial charge in [0.2, 0.25) is 10.0 Å². The molecule has 1 aliphatic rings. The maximum atomic E-state index is 12.0. The summed E-state index contributed by atoms with van der Waals surface area (Å²) in [5.41, 5.74) is 6.93. The molecule has 0 spiro atoms. The maximum Gasteiger partial charge on any atom is 0.215 e. The van der Waals surface area contributed by atoms with Crippen molar-refractivity contribution in [2.24, 2.45) is 5.92 Å². The average molecular weight is 284 g/mol. The lowest BCUT2D eigenvalue weighted by Crippen LogP contribution is -2.32. The van der Waals surface area contributed by atoms with Gasteiger partial charge in [-0.15, -0.1) is 0 Å². The molecule has 1 saturated heterocycles. The summed E-state index contributed by atoms with van der Waals surface area (Å²) in [5, 5.41) is 0. The van der Waals surface area contributed by atoms with Crippen LogP contribution in [-0.2, 0) is 20.5 Å². The number of ether oxygens (including phenoxy) is 1. The van der Waals surface area contributed by atoms with Crippen molar-refractivity contribution >= 4 is 15.7 Å². The highest BCUT2D eigenvalue weighted by atomic mass is 32.2. The summed E-state index contributed by atoms with van der Waals surface area (Å²) in [6.07, 6.45) is 1.83. The standard InChI is InChI=1S/C13H20N2O3S/c14-13-3-1-2-12(8-13)10-19(16,17)15-9-11-4-6-18-7-5-11/h1-3,8,11,15H,4-7,9-10,14H2. The van der Waals surface area contributed by atoms with Crippen LogP contribution in [0.4, 0.5) is 5.69 Å². The van der Waals surface area contributed by atoms with E-state index in [4.69, 9.17) is 10.5 Å². The molecule has 0 atom stereocenters. The molecule has 3 N–H and O–H groups in total. The zero-order valence-electron chi connectivity index (χ0n) is 10.8. The third-order valence-electron chi connectivity index (χ3n) is 3.24. The van der Waals surface area contributed by atoms with Crippen molar-refractivity contribution in [3.05, 3.63) is 29.8 Å². The average Bonchev–Trinajstić information content (AvgIpc) is 2.37. The lowest BCUT2D eigenvalue weighted by atomic mass is 10.0. The highest BCUT2D eigenvalue weighted by Gasteiger charge is 2.17. The Hall–Kier alpha value is -1.11. The zero-order chi connectivity index (χ0) is 13.7. The Bertz CT molecular complexity index is 510. The first-order chi connectivity index (χ1) is 9.05. The van der Waals surface area contributed by atoms with Crippen molar-refractivity contribution in [1.82, 2.24) is 4.72 Å². The van der Waals surface area contributed by atoms with Crippen molar-refractivity contribution < 1.29 is 13.2 Å². The van der Waals surface area contributed by atoms with E-state index in [9.17, 15) is 8.42 Å². The van der Waals surface area contributed by atoms with E-state index in [1.54, 1.807) is 24.3 Å². The molecule has 19 heavy (non-hydrogen) atoms. The number of benzene rings is 1. The number of nitrogens with two attached hydrogens (primary N) is 1. The number of sulfonamides is 1. The fraction of sp³-hybridized carbons (Fsp3) is 0.538. The largest absolute Gasteiger partial charge is 0.399 e. The summed E-state index contributed by atoms with van der Waals surface area (Å²) in [7, 11) is -3.30. The van der Waals surface area contributed by atoms with Crippen molar-refractivity contribution in [3.8, 4) is 0 Å². The van der Waals surface area contributed by atoms with Gasteiger partial charge in [0.15, 0.2) is 0 Å². The summed E-state index contributed by atoms with van der Waals surface area (Å²) in [5.74, 6) is 0.353. The van der Waals surface area contributed by atoms with Gasteiger partial charge in [0, 0.05) is 25.4 Å². The molecular weight excluding hydrogens is 264 g/mol. The van der Waals surface area contributed by atoms with Crippen LogP contribution in [0.25, 0.3) is 0 Å². The Kier molecular flexibility index (Phi) is 4.79. The second kappa shape index (κ2) is 6.36. The Morgan fingerprint density at radius 3 is 2.74 bits per heavy atom. The van der Waals surface area contributed by atoms with Gasteiger partial charge in [-0.3, -0.25) is 0 Å². The Morgan fingerprint density at radius 2 is 2.05 bits per heavy atom. The molecule has 5 nitrogen and oxygen atoms in total. The minimum atomic E-state index is -3.30. The van der Waals surface area contributed by atoms with Crippen LogP contribution in [0.5, 0.6) is 0 Å². The molecule has 0 aliphatic carbocycles. The minimum absolute atomic E-state index is 0.0265. The molecule has 1 aliphatic heterocycles. The highest BCUT2D eigenvalue weighted by Crippen LogP contribution is 2.14. The van der Waals surface area contributed by atoms with Gasteiger partial charge in [-0.1, -0.05) is 12.1 Å². The van der Waals surface area contributed by atoms with Crippen LogP contribution in [0.2, 0.25) is 0 Å². The predicted octanol–water partition coefficient (Wildman–Crippen LogP) is 1.11. The third kappa shape index (κ3) is 4.81. The molecular formula is C13H20N2O3S. The molecule has 1 heterocycles. The number of hydrogen-bond acceptors (Lipinski definition) is 4. The first-order valence-corrected chi connectivity index (χ1v) is 8.10. The minimum Gasteiger partial charge on any atom is -0.399 e. The topological polar surface area (TPSA) is 81.4 Å². The summed E-state index contributed by atoms with van der Waals surface area (Å²) in [4.78, 5) is 0. The first-order valence-electron chi connectivity index (χ1n) is 6.45. The molecule has 0 aromatic heterocycles. The molecule has 1 aromatic carbocycles. The van der Waals surface area contributed by atoms with Crippen LogP contribution < -0.4 is 10.5 Å². The lowest BCUT2D eigenvalue weighted by Gasteiger charge is -2.22. The van der Waals surface area contributed by atoms with Crippen LogP contribution >= 0.6 is 0 Å². The summed E-state index contributed by atoms with van der Waals surface area (Å²) in [6, 6.07) is 6.96. The van der Waals surface area contributed by atoms with E-state index in [1.807, 2.05) is 0 Å². The number of rotatable bonds is 5. The quantitative estimate of drug-likeness (QED) is 0.794. The van der Waals surface area contributed by atoms with Gasteiger partial charge in [0.05, 0.1) is 5.75 Å². The van der Waals surface area contributed by atoms with E-state index in [-0.39, 0.29) is 5.75 Å². The fourth-order valence-corrected chi connectivity index (χ4v) is 3.36. The van der Waals surface area contributed by atoms with Gasteiger partial charge in [-0.25, -0.2) is 13.1 Å². The summed E-state index contributed by atoms with van der Waals surface area (Å²) < 4.78 is 31.9. The van der Waals surface area contributed by atoms with E-state index in [0.29, 0.717) is 23.7 Å². The predicted molar refractivity (Wildman–Crippen MR) is 75.0 cm³/mol. The smallest absolute Gasteiger partial charge is 0.215 e. The zero-order valence-corrected chi connectivity index (χ0v) is 11.7. The van der Waals surface area contributed by atoms with Crippen LogP contribution in [-0.4, -0.2) is 28.2 Å². The van der Waals surface area contributed by atoms with Crippen molar-refractivity contribution in [2.75, 3.05) is 25.5 Å². The van der Waals surface area contributed by atoms with Gasteiger partial charge in [0.25, 0.3) is 0 Å². The number of nitrogen functional groups attached to an aromatic ring is 1. The number of nitrogens with one attached hydrogen (secondary N) is 1.